The van der Waals surface area contributed by atoms with Crippen molar-refractivity contribution in [3.63, 3.8) is 0 Å². The van der Waals surface area contributed by atoms with Crippen molar-refractivity contribution < 1.29 is 4.74 Å². The van der Waals surface area contributed by atoms with E-state index in [0.717, 1.165) is 0 Å². The molecule has 0 saturated carbocycles. The first-order valence-electron chi connectivity index (χ1n) is 6.14. The summed E-state index contributed by atoms with van der Waals surface area (Å²) in [5.74, 6) is 1.04. The third-order valence-corrected chi connectivity index (χ3v) is 2.81. The standard InChI is InChI=1S/C16H16N2O/c1-16(2,3)13-7-4-8-14(10-13)19-15-12(11-17)6-5-9-18-15/h4-10H,1-3H3. The highest BCUT2D eigenvalue weighted by Gasteiger charge is 2.14. The molecule has 3 nitrogen and oxygen atoms in total. The Morgan fingerprint density at radius 1 is 1.16 bits per heavy atom. The van der Waals surface area contributed by atoms with E-state index in [4.69, 9.17) is 10.00 Å². The number of pyridine rings is 1. The molecule has 0 bridgehead atoms. The summed E-state index contributed by atoms with van der Waals surface area (Å²) >= 11 is 0. The van der Waals surface area contributed by atoms with Crippen molar-refractivity contribution in [2.45, 2.75) is 26.2 Å². The molecular formula is C16H16N2O. The Balaban J connectivity index is 2.32. The van der Waals surface area contributed by atoms with Gasteiger partial charge in [0.05, 0.1) is 0 Å². The van der Waals surface area contributed by atoms with E-state index in [-0.39, 0.29) is 5.41 Å². The Hall–Kier alpha value is -2.34. The first kappa shape index (κ1) is 13.1. The summed E-state index contributed by atoms with van der Waals surface area (Å²) in [6.45, 7) is 6.44. The second-order valence-electron chi connectivity index (χ2n) is 5.35. The molecule has 0 aliphatic rings. The molecule has 0 radical (unpaired) electrons. The number of nitriles is 1. The molecule has 1 aromatic heterocycles. The molecule has 0 fully saturated rings. The molecule has 0 spiro atoms. The number of nitrogens with zero attached hydrogens (tertiary/aromatic N) is 2. The van der Waals surface area contributed by atoms with Crippen molar-refractivity contribution in [2.75, 3.05) is 0 Å². The minimum absolute atomic E-state index is 0.0571. The monoisotopic (exact) mass is 252 g/mol. The van der Waals surface area contributed by atoms with Gasteiger partial charge in [-0.25, -0.2) is 4.98 Å². The second kappa shape index (κ2) is 5.11. The zero-order valence-electron chi connectivity index (χ0n) is 11.3. The number of benzene rings is 1. The molecule has 1 heterocycles. The van der Waals surface area contributed by atoms with Crippen molar-refractivity contribution in [3.05, 3.63) is 53.7 Å². The lowest BCUT2D eigenvalue weighted by Gasteiger charge is -2.19. The van der Waals surface area contributed by atoms with E-state index in [0.29, 0.717) is 17.2 Å². The van der Waals surface area contributed by atoms with Gasteiger partial charge in [-0.1, -0.05) is 32.9 Å². The van der Waals surface area contributed by atoms with Crippen molar-refractivity contribution >= 4 is 0 Å². The van der Waals surface area contributed by atoms with Gasteiger partial charge in [-0.3, -0.25) is 0 Å². The third-order valence-electron chi connectivity index (χ3n) is 2.81. The minimum Gasteiger partial charge on any atom is -0.438 e. The zero-order valence-corrected chi connectivity index (χ0v) is 11.3. The molecule has 0 unspecified atom stereocenters. The maximum Gasteiger partial charge on any atom is 0.237 e. The number of hydrogen-bond donors (Lipinski definition) is 0. The Labute approximate surface area is 113 Å². The SMILES string of the molecule is CC(C)(C)c1cccc(Oc2ncccc2C#N)c1. The third kappa shape index (κ3) is 3.11. The summed E-state index contributed by atoms with van der Waals surface area (Å²) in [4.78, 5) is 4.09. The van der Waals surface area contributed by atoms with Crippen molar-refractivity contribution in [2.24, 2.45) is 0 Å². The van der Waals surface area contributed by atoms with E-state index in [9.17, 15) is 0 Å². The maximum absolute atomic E-state index is 9.01. The van der Waals surface area contributed by atoms with Gasteiger partial charge < -0.3 is 4.74 Å². The van der Waals surface area contributed by atoms with Gasteiger partial charge in [0.2, 0.25) is 5.88 Å². The van der Waals surface area contributed by atoms with Gasteiger partial charge in [0, 0.05) is 6.20 Å². The van der Waals surface area contributed by atoms with E-state index in [2.05, 4.69) is 37.9 Å². The van der Waals surface area contributed by atoms with Crippen LogP contribution in [-0.2, 0) is 5.41 Å². The van der Waals surface area contributed by atoms with Crippen LogP contribution >= 0.6 is 0 Å². The predicted octanol–water partition coefficient (Wildman–Crippen LogP) is 4.04. The molecule has 0 N–H and O–H groups in total. The zero-order chi connectivity index (χ0) is 13.9. The quantitative estimate of drug-likeness (QED) is 0.810. The smallest absolute Gasteiger partial charge is 0.237 e. The average molecular weight is 252 g/mol. The summed E-state index contributed by atoms with van der Waals surface area (Å²) in [5, 5.41) is 9.01. The molecule has 1 aromatic carbocycles. The lowest BCUT2D eigenvalue weighted by atomic mass is 9.87. The maximum atomic E-state index is 9.01. The summed E-state index contributed by atoms with van der Waals surface area (Å²) in [5.41, 5.74) is 1.67. The van der Waals surface area contributed by atoms with Crippen molar-refractivity contribution in [3.8, 4) is 17.7 Å². The van der Waals surface area contributed by atoms with E-state index in [1.165, 1.54) is 5.56 Å². The molecule has 0 aliphatic heterocycles. The number of ether oxygens (including phenoxy) is 1. The Bertz CT molecular complexity index is 621. The van der Waals surface area contributed by atoms with Crippen LogP contribution in [0.25, 0.3) is 0 Å². The van der Waals surface area contributed by atoms with Gasteiger partial charge in [0.25, 0.3) is 0 Å². The van der Waals surface area contributed by atoms with Crippen LogP contribution < -0.4 is 4.74 Å². The fourth-order valence-electron chi connectivity index (χ4n) is 1.69. The van der Waals surface area contributed by atoms with Gasteiger partial charge in [0.1, 0.15) is 17.4 Å². The van der Waals surface area contributed by atoms with Gasteiger partial charge in [0.15, 0.2) is 0 Å². The van der Waals surface area contributed by atoms with Crippen molar-refractivity contribution in [1.29, 1.82) is 5.26 Å². The number of rotatable bonds is 2. The van der Waals surface area contributed by atoms with Gasteiger partial charge in [-0.15, -0.1) is 0 Å². The van der Waals surface area contributed by atoms with Crippen LogP contribution in [0.15, 0.2) is 42.6 Å². The van der Waals surface area contributed by atoms with Crippen LogP contribution in [0, 0.1) is 11.3 Å². The van der Waals surface area contributed by atoms with E-state index >= 15 is 0 Å². The van der Waals surface area contributed by atoms with Crippen molar-refractivity contribution in [1.82, 2.24) is 4.98 Å². The largest absolute Gasteiger partial charge is 0.438 e. The number of hydrogen-bond acceptors (Lipinski definition) is 3. The van der Waals surface area contributed by atoms with Gasteiger partial charge in [-0.2, -0.15) is 5.26 Å². The van der Waals surface area contributed by atoms with E-state index in [1.54, 1.807) is 18.3 Å². The van der Waals surface area contributed by atoms with E-state index in [1.807, 2.05) is 18.2 Å². The Morgan fingerprint density at radius 3 is 2.63 bits per heavy atom. The summed E-state index contributed by atoms with van der Waals surface area (Å²) in [7, 11) is 0. The van der Waals surface area contributed by atoms with Crippen LogP contribution in [0.3, 0.4) is 0 Å². The Morgan fingerprint density at radius 2 is 1.95 bits per heavy atom. The lowest BCUT2D eigenvalue weighted by Crippen LogP contribution is -2.10. The van der Waals surface area contributed by atoms with Crippen LogP contribution in [0.4, 0.5) is 0 Å². The fraction of sp³-hybridized carbons (Fsp3) is 0.250. The molecule has 2 rings (SSSR count). The van der Waals surface area contributed by atoms with Crippen LogP contribution in [-0.4, -0.2) is 4.98 Å². The lowest BCUT2D eigenvalue weighted by molar-refractivity contribution is 0.458. The highest BCUT2D eigenvalue weighted by Crippen LogP contribution is 2.28. The molecule has 0 amide bonds. The molecule has 19 heavy (non-hydrogen) atoms. The molecule has 0 aliphatic carbocycles. The molecule has 3 heteroatoms. The summed E-state index contributed by atoms with van der Waals surface area (Å²) < 4.78 is 5.70. The van der Waals surface area contributed by atoms with Gasteiger partial charge in [-0.05, 0) is 35.2 Å². The van der Waals surface area contributed by atoms with Crippen LogP contribution in [0.5, 0.6) is 11.6 Å². The second-order valence-corrected chi connectivity index (χ2v) is 5.35. The first-order chi connectivity index (χ1) is 9.00. The molecule has 0 saturated heterocycles. The molecular weight excluding hydrogens is 236 g/mol. The summed E-state index contributed by atoms with van der Waals surface area (Å²) in [6, 6.07) is 13.3. The average Bonchev–Trinajstić information content (AvgIpc) is 2.39. The highest BCUT2D eigenvalue weighted by atomic mass is 16.5. The molecule has 2 aromatic rings. The summed E-state index contributed by atoms with van der Waals surface area (Å²) in [6.07, 6.45) is 1.61. The van der Waals surface area contributed by atoms with E-state index < -0.39 is 0 Å². The predicted molar refractivity (Wildman–Crippen MR) is 74.2 cm³/mol. The van der Waals surface area contributed by atoms with Gasteiger partial charge >= 0.3 is 0 Å². The normalized spacial score (nSPS) is 10.8. The Kier molecular flexibility index (Phi) is 3.52. The number of aromatic nitrogens is 1. The topological polar surface area (TPSA) is 45.9 Å². The fourth-order valence-corrected chi connectivity index (χ4v) is 1.69. The van der Waals surface area contributed by atoms with Crippen LogP contribution in [0.2, 0.25) is 0 Å². The van der Waals surface area contributed by atoms with Crippen LogP contribution in [0.1, 0.15) is 31.9 Å². The molecule has 0 atom stereocenters. The highest BCUT2D eigenvalue weighted by molar-refractivity contribution is 5.41. The first-order valence-corrected chi connectivity index (χ1v) is 6.14. The minimum atomic E-state index is 0.0571. The molecule has 96 valence electrons.